The molecular weight excluding hydrogens is 392 g/mol. The fraction of sp³-hybridized carbons (Fsp3) is 0.308. The maximum Gasteiger partial charge on any atom is 0.184 e. The summed E-state index contributed by atoms with van der Waals surface area (Å²) in [5.41, 5.74) is 3.20. The van der Waals surface area contributed by atoms with E-state index >= 15 is 0 Å². The monoisotopic (exact) mass is 420 g/mol. The minimum absolute atomic E-state index is 0.216. The molecular formula is C26H28O5. The van der Waals surface area contributed by atoms with Crippen LogP contribution < -0.4 is 4.74 Å². The van der Waals surface area contributed by atoms with Crippen LogP contribution in [-0.2, 0) is 32.2 Å². The maximum atomic E-state index is 6.21. The van der Waals surface area contributed by atoms with Gasteiger partial charge in [-0.05, 0) is 23.3 Å². The second-order valence-electron chi connectivity index (χ2n) is 7.46. The molecule has 0 bridgehead atoms. The van der Waals surface area contributed by atoms with Gasteiger partial charge in [-0.15, -0.1) is 0 Å². The van der Waals surface area contributed by atoms with Crippen LogP contribution in [0.25, 0.3) is 0 Å². The highest BCUT2D eigenvalue weighted by molar-refractivity contribution is 5.28. The average molecular weight is 421 g/mol. The van der Waals surface area contributed by atoms with Crippen molar-refractivity contribution >= 4 is 0 Å². The molecule has 0 radical (unpaired) electrons. The van der Waals surface area contributed by atoms with E-state index in [1.54, 1.807) is 7.11 Å². The first-order valence-electron chi connectivity index (χ1n) is 10.5. The van der Waals surface area contributed by atoms with Crippen LogP contribution in [0.2, 0.25) is 0 Å². The van der Waals surface area contributed by atoms with E-state index in [4.69, 9.17) is 23.7 Å². The molecule has 2 atom stereocenters. The van der Waals surface area contributed by atoms with Crippen molar-refractivity contribution in [3.63, 3.8) is 0 Å². The van der Waals surface area contributed by atoms with Crippen molar-refractivity contribution in [3.8, 4) is 5.75 Å². The largest absolute Gasteiger partial charge is 0.497 e. The Bertz CT molecular complexity index is 845. The summed E-state index contributed by atoms with van der Waals surface area (Å²) in [6.45, 7) is 1.93. The minimum atomic E-state index is -0.457. The third-order valence-electron chi connectivity index (χ3n) is 5.19. The van der Waals surface area contributed by atoms with Gasteiger partial charge in [-0.1, -0.05) is 72.8 Å². The number of benzene rings is 3. The lowest BCUT2D eigenvalue weighted by Gasteiger charge is -2.17. The van der Waals surface area contributed by atoms with Crippen LogP contribution in [0.5, 0.6) is 5.75 Å². The Morgan fingerprint density at radius 3 is 1.58 bits per heavy atom. The third kappa shape index (κ3) is 6.15. The summed E-state index contributed by atoms with van der Waals surface area (Å²) in [6, 6.07) is 27.9. The number of ether oxygens (including phenoxy) is 5. The van der Waals surface area contributed by atoms with Gasteiger partial charge in [0.2, 0.25) is 0 Å². The van der Waals surface area contributed by atoms with Gasteiger partial charge in [0.05, 0.1) is 33.5 Å². The molecule has 5 nitrogen and oxygen atoms in total. The summed E-state index contributed by atoms with van der Waals surface area (Å²) in [4.78, 5) is 0. The standard InChI is InChI=1S/C26H28O5/c1-27-23-14-12-22(13-15-23)26-30-24(18-28-16-20-8-4-2-5-9-20)25(31-26)19-29-17-21-10-6-3-7-11-21/h2-15,24-26H,16-19H2,1H3/t24-,25-/m0/s1. The number of rotatable bonds is 10. The van der Waals surface area contributed by atoms with E-state index < -0.39 is 6.29 Å². The normalized spacial score (nSPS) is 18.9. The maximum absolute atomic E-state index is 6.21. The fourth-order valence-corrected chi connectivity index (χ4v) is 3.47. The highest BCUT2D eigenvalue weighted by Gasteiger charge is 2.37. The number of hydrogen-bond acceptors (Lipinski definition) is 5. The van der Waals surface area contributed by atoms with Crippen LogP contribution in [-0.4, -0.2) is 32.5 Å². The van der Waals surface area contributed by atoms with E-state index in [9.17, 15) is 0 Å². The molecule has 1 heterocycles. The predicted molar refractivity (Wildman–Crippen MR) is 118 cm³/mol. The van der Waals surface area contributed by atoms with Crippen LogP contribution in [0.1, 0.15) is 23.0 Å². The average Bonchev–Trinajstić information content (AvgIpc) is 3.23. The van der Waals surface area contributed by atoms with Crippen LogP contribution in [0.3, 0.4) is 0 Å². The molecule has 0 saturated carbocycles. The van der Waals surface area contributed by atoms with Gasteiger partial charge in [0, 0.05) is 5.56 Å². The van der Waals surface area contributed by atoms with E-state index in [0.29, 0.717) is 26.4 Å². The van der Waals surface area contributed by atoms with Gasteiger partial charge in [0.1, 0.15) is 18.0 Å². The second kappa shape index (κ2) is 11.1. The topological polar surface area (TPSA) is 46.2 Å². The van der Waals surface area contributed by atoms with Crippen molar-refractivity contribution in [3.05, 3.63) is 102 Å². The summed E-state index contributed by atoms with van der Waals surface area (Å²) < 4.78 is 29.5. The van der Waals surface area contributed by atoms with Crippen LogP contribution in [0, 0.1) is 0 Å². The summed E-state index contributed by atoms with van der Waals surface area (Å²) in [7, 11) is 1.65. The van der Waals surface area contributed by atoms with Crippen molar-refractivity contribution in [2.45, 2.75) is 31.7 Å². The fourth-order valence-electron chi connectivity index (χ4n) is 3.47. The van der Waals surface area contributed by atoms with E-state index in [-0.39, 0.29) is 12.2 Å². The Balaban J connectivity index is 1.36. The van der Waals surface area contributed by atoms with Gasteiger partial charge in [-0.25, -0.2) is 0 Å². The molecule has 0 amide bonds. The summed E-state index contributed by atoms with van der Waals surface area (Å²) >= 11 is 0. The molecule has 31 heavy (non-hydrogen) atoms. The van der Waals surface area contributed by atoms with Crippen LogP contribution >= 0.6 is 0 Å². The molecule has 1 aliphatic rings. The molecule has 0 unspecified atom stereocenters. The molecule has 0 spiro atoms. The highest BCUT2D eigenvalue weighted by atomic mass is 16.7. The lowest BCUT2D eigenvalue weighted by molar-refractivity contribution is -0.0838. The third-order valence-corrected chi connectivity index (χ3v) is 5.19. The Morgan fingerprint density at radius 2 is 1.13 bits per heavy atom. The molecule has 1 saturated heterocycles. The van der Waals surface area contributed by atoms with Gasteiger partial charge < -0.3 is 23.7 Å². The predicted octanol–water partition coefficient (Wildman–Crippen LogP) is 4.91. The van der Waals surface area contributed by atoms with E-state index in [1.165, 1.54) is 0 Å². The Morgan fingerprint density at radius 1 is 0.645 bits per heavy atom. The van der Waals surface area contributed by atoms with Gasteiger partial charge in [-0.3, -0.25) is 0 Å². The second-order valence-corrected chi connectivity index (χ2v) is 7.46. The van der Waals surface area contributed by atoms with Gasteiger partial charge in [0.15, 0.2) is 6.29 Å². The van der Waals surface area contributed by atoms with Crippen molar-refractivity contribution in [1.29, 1.82) is 0 Å². The zero-order valence-electron chi connectivity index (χ0n) is 17.7. The number of hydrogen-bond donors (Lipinski definition) is 0. The van der Waals surface area contributed by atoms with Gasteiger partial charge in [0.25, 0.3) is 0 Å². The Labute approximate surface area is 183 Å². The van der Waals surface area contributed by atoms with Gasteiger partial charge in [-0.2, -0.15) is 0 Å². The van der Waals surface area contributed by atoms with Crippen molar-refractivity contribution in [2.24, 2.45) is 0 Å². The summed E-state index contributed by atoms with van der Waals surface area (Å²) in [5.74, 6) is 0.798. The zero-order chi connectivity index (χ0) is 21.3. The molecule has 0 aliphatic carbocycles. The Hall–Kier alpha value is -2.70. The van der Waals surface area contributed by atoms with Crippen LogP contribution in [0.15, 0.2) is 84.9 Å². The van der Waals surface area contributed by atoms with E-state index in [1.807, 2.05) is 84.9 Å². The number of methoxy groups -OCH3 is 1. The smallest absolute Gasteiger partial charge is 0.184 e. The minimum Gasteiger partial charge on any atom is -0.497 e. The molecule has 0 aromatic heterocycles. The van der Waals surface area contributed by atoms with Crippen LogP contribution in [0.4, 0.5) is 0 Å². The van der Waals surface area contributed by atoms with Crippen molar-refractivity contribution < 1.29 is 23.7 Å². The molecule has 162 valence electrons. The molecule has 0 N–H and O–H groups in total. The molecule has 4 rings (SSSR count). The SMILES string of the molecule is COc1ccc(C2O[C@@H](COCc3ccccc3)[C@H](COCc3ccccc3)O2)cc1. The molecule has 3 aromatic carbocycles. The van der Waals surface area contributed by atoms with E-state index in [0.717, 1.165) is 22.4 Å². The zero-order valence-corrected chi connectivity index (χ0v) is 17.7. The van der Waals surface area contributed by atoms with Crippen molar-refractivity contribution in [2.75, 3.05) is 20.3 Å². The lowest BCUT2D eigenvalue weighted by atomic mass is 10.2. The first kappa shape index (κ1) is 21.5. The quantitative estimate of drug-likeness (QED) is 0.466. The first-order chi connectivity index (χ1) is 15.3. The molecule has 5 heteroatoms. The van der Waals surface area contributed by atoms with Gasteiger partial charge >= 0.3 is 0 Å². The molecule has 3 aromatic rings. The molecule has 1 fully saturated rings. The first-order valence-corrected chi connectivity index (χ1v) is 10.5. The highest BCUT2D eigenvalue weighted by Crippen LogP contribution is 2.32. The van der Waals surface area contributed by atoms with Crippen molar-refractivity contribution in [1.82, 2.24) is 0 Å². The molecule has 1 aliphatic heterocycles. The lowest BCUT2D eigenvalue weighted by Crippen LogP contribution is -2.31. The summed E-state index contributed by atoms with van der Waals surface area (Å²) in [6.07, 6.45) is -0.889. The summed E-state index contributed by atoms with van der Waals surface area (Å²) in [5, 5.41) is 0. The van der Waals surface area contributed by atoms with E-state index in [2.05, 4.69) is 0 Å². The Kier molecular flexibility index (Phi) is 7.69.